The van der Waals surface area contributed by atoms with E-state index in [9.17, 15) is 0 Å². The van der Waals surface area contributed by atoms with Gasteiger partial charge in [-0.25, -0.2) is 0 Å². The van der Waals surface area contributed by atoms with Crippen LogP contribution in [0.25, 0.3) is 0 Å². The fourth-order valence-corrected chi connectivity index (χ4v) is 2.25. The fraction of sp³-hybridized carbons (Fsp3) is 0.200. The van der Waals surface area contributed by atoms with Crippen molar-refractivity contribution in [3.63, 3.8) is 0 Å². The maximum Gasteiger partial charge on any atom is 0.228 e. The van der Waals surface area contributed by atoms with E-state index in [2.05, 4.69) is 15.5 Å². The van der Waals surface area contributed by atoms with Gasteiger partial charge in [-0.1, -0.05) is 5.16 Å². The summed E-state index contributed by atoms with van der Waals surface area (Å²) in [5.74, 6) is 0.506. The van der Waals surface area contributed by atoms with Gasteiger partial charge < -0.3 is 15.6 Å². The van der Waals surface area contributed by atoms with Crippen LogP contribution in [0, 0.1) is 22.7 Å². The van der Waals surface area contributed by atoms with Gasteiger partial charge in [0.15, 0.2) is 6.33 Å². The Hall–Kier alpha value is -2.58. The van der Waals surface area contributed by atoms with Crippen LogP contribution in [-0.2, 0) is 6.42 Å². The molecule has 2 rings (SSSR count). The van der Waals surface area contributed by atoms with Gasteiger partial charge in [-0.3, -0.25) is 0 Å². The molecule has 0 fully saturated rings. The third kappa shape index (κ3) is 2.24. The molecule has 0 atom stereocenters. The number of aromatic nitrogens is 2. The monoisotopic (exact) mass is 260 g/mol. The van der Waals surface area contributed by atoms with E-state index >= 15 is 0 Å². The summed E-state index contributed by atoms with van der Waals surface area (Å²) in [7, 11) is 0. The standard InChI is InChI=1S/C10H8N6OS/c11-3-6-9(13)7(4-12)18-10(6)14-2-1-8-15-5-16-17-8/h5,14H,1-2,13H2. The lowest BCUT2D eigenvalue weighted by Crippen LogP contribution is -2.05. The molecule has 3 N–H and O–H groups in total. The molecule has 2 aromatic heterocycles. The number of nitriles is 2. The molecule has 0 saturated heterocycles. The minimum Gasteiger partial charge on any atom is -0.396 e. The van der Waals surface area contributed by atoms with Crippen molar-refractivity contribution in [2.24, 2.45) is 0 Å². The number of thiophene rings is 1. The van der Waals surface area contributed by atoms with Gasteiger partial charge in [0.25, 0.3) is 0 Å². The van der Waals surface area contributed by atoms with Crippen molar-refractivity contribution in [3.05, 3.63) is 22.7 Å². The average Bonchev–Trinajstić information content (AvgIpc) is 2.97. The number of hydrogen-bond donors (Lipinski definition) is 2. The average molecular weight is 260 g/mol. The highest BCUT2D eigenvalue weighted by molar-refractivity contribution is 7.17. The molecule has 0 aromatic carbocycles. The third-order valence-electron chi connectivity index (χ3n) is 2.19. The Balaban J connectivity index is 2.06. The molecule has 0 spiro atoms. The first kappa shape index (κ1) is 11.9. The van der Waals surface area contributed by atoms with Crippen LogP contribution in [0.2, 0.25) is 0 Å². The molecule has 90 valence electrons. The zero-order valence-electron chi connectivity index (χ0n) is 9.17. The van der Waals surface area contributed by atoms with Gasteiger partial charge in [-0.2, -0.15) is 15.5 Å². The minimum absolute atomic E-state index is 0.227. The molecule has 8 heteroatoms. The summed E-state index contributed by atoms with van der Waals surface area (Å²) >= 11 is 1.16. The van der Waals surface area contributed by atoms with Crippen molar-refractivity contribution in [2.75, 3.05) is 17.6 Å². The zero-order valence-corrected chi connectivity index (χ0v) is 9.99. The van der Waals surface area contributed by atoms with E-state index in [1.54, 1.807) is 0 Å². The van der Waals surface area contributed by atoms with E-state index in [1.807, 2.05) is 12.1 Å². The third-order valence-corrected chi connectivity index (χ3v) is 3.26. The second kappa shape index (κ2) is 5.17. The molecular formula is C10H8N6OS. The quantitative estimate of drug-likeness (QED) is 0.843. The molecule has 0 unspecified atom stereocenters. The maximum atomic E-state index is 8.98. The summed E-state index contributed by atoms with van der Waals surface area (Å²) < 4.78 is 4.84. The highest BCUT2D eigenvalue weighted by Gasteiger charge is 2.15. The molecule has 2 heterocycles. The van der Waals surface area contributed by atoms with Gasteiger partial charge in [0.05, 0.1) is 5.69 Å². The normalized spacial score (nSPS) is 9.67. The first-order valence-corrected chi connectivity index (χ1v) is 5.79. The van der Waals surface area contributed by atoms with Crippen LogP contribution in [0.15, 0.2) is 10.9 Å². The first-order chi connectivity index (χ1) is 8.76. The number of rotatable bonds is 4. The SMILES string of the molecule is N#Cc1sc(NCCc2ncno2)c(C#N)c1N. The molecule has 0 amide bonds. The summed E-state index contributed by atoms with van der Waals surface area (Å²) in [5, 5.41) is 24.9. The van der Waals surface area contributed by atoms with Crippen molar-refractivity contribution in [2.45, 2.75) is 6.42 Å². The predicted molar refractivity (Wildman–Crippen MR) is 64.7 cm³/mol. The Morgan fingerprint density at radius 2 is 2.28 bits per heavy atom. The van der Waals surface area contributed by atoms with Crippen LogP contribution in [0.4, 0.5) is 10.7 Å². The van der Waals surface area contributed by atoms with E-state index in [-0.39, 0.29) is 5.69 Å². The molecule has 18 heavy (non-hydrogen) atoms. The number of nitrogen functional groups attached to an aromatic ring is 1. The van der Waals surface area contributed by atoms with E-state index in [0.29, 0.717) is 34.3 Å². The Kier molecular flexibility index (Phi) is 3.41. The Bertz CT molecular complexity index is 618. The van der Waals surface area contributed by atoms with E-state index in [4.69, 9.17) is 20.8 Å². The van der Waals surface area contributed by atoms with Crippen molar-refractivity contribution in [1.29, 1.82) is 10.5 Å². The van der Waals surface area contributed by atoms with Gasteiger partial charge in [0, 0.05) is 13.0 Å². The second-order valence-corrected chi connectivity index (χ2v) is 4.30. The number of hydrogen-bond acceptors (Lipinski definition) is 8. The number of anilines is 2. The van der Waals surface area contributed by atoms with Gasteiger partial charge in [-0.15, -0.1) is 11.3 Å². The summed E-state index contributed by atoms with van der Waals surface area (Å²) in [4.78, 5) is 4.21. The molecule has 0 aliphatic rings. The molecule has 0 aliphatic carbocycles. The first-order valence-electron chi connectivity index (χ1n) is 4.98. The zero-order chi connectivity index (χ0) is 13.0. The van der Waals surface area contributed by atoms with Crippen LogP contribution in [0.1, 0.15) is 16.3 Å². The molecule has 2 aromatic rings. The summed E-state index contributed by atoms with van der Waals surface area (Å²) in [5.41, 5.74) is 6.21. The smallest absolute Gasteiger partial charge is 0.228 e. The summed E-state index contributed by atoms with van der Waals surface area (Å²) in [6, 6.07) is 3.94. The minimum atomic E-state index is 0.227. The highest BCUT2D eigenvalue weighted by Crippen LogP contribution is 2.34. The highest BCUT2D eigenvalue weighted by atomic mass is 32.1. The summed E-state index contributed by atoms with van der Waals surface area (Å²) in [6.45, 7) is 0.516. The van der Waals surface area contributed by atoms with Crippen molar-refractivity contribution in [3.8, 4) is 12.1 Å². The van der Waals surface area contributed by atoms with Crippen LogP contribution in [0.5, 0.6) is 0 Å². The van der Waals surface area contributed by atoms with Gasteiger partial charge in [0.1, 0.15) is 27.6 Å². The predicted octanol–water partition coefficient (Wildman–Crippen LogP) is 1.11. The van der Waals surface area contributed by atoms with Crippen molar-refractivity contribution < 1.29 is 4.52 Å². The van der Waals surface area contributed by atoms with Crippen LogP contribution in [0.3, 0.4) is 0 Å². The Morgan fingerprint density at radius 1 is 1.44 bits per heavy atom. The number of nitrogens with zero attached hydrogens (tertiary/aromatic N) is 4. The maximum absolute atomic E-state index is 8.98. The molecule has 7 nitrogen and oxygen atoms in total. The molecule has 0 saturated carbocycles. The van der Waals surface area contributed by atoms with Crippen LogP contribution >= 0.6 is 11.3 Å². The second-order valence-electron chi connectivity index (χ2n) is 3.28. The van der Waals surface area contributed by atoms with Gasteiger partial charge in [0.2, 0.25) is 5.89 Å². The number of nitrogens with two attached hydrogens (primary N) is 1. The van der Waals surface area contributed by atoms with Crippen molar-refractivity contribution >= 4 is 22.0 Å². The Morgan fingerprint density at radius 3 is 2.89 bits per heavy atom. The van der Waals surface area contributed by atoms with E-state index in [1.165, 1.54) is 6.33 Å². The van der Waals surface area contributed by atoms with Gasteiger partial charge in [-0.05, 0) is 0 Å². The molecule has 0 aliphatic heterocycles. The van der Waals surface area contributed by atoms with Crippen LogP contribution < -0.4 is 11.1 Å². The van der Waals surface area contributed by atoms with Crippen LogP contribution in [-0.4, -0.2) is 16.7 Å². The largest absolute Gasteiger partial charge is 0.396 e. The van der Waals surface area contributed by atoms with Gasteiger partial charge >= 0.3 is 0 Å². The molecule has 0 bridgehead atoms. The Labute approximate surface area is 106 Å². The van der Waals surface area contributed by atoms with E-state index in [0.717, 1.165) is 11.3 Å². The topological polar surface area (TPSA) is 125 Å². The lowest BCUT2D eigenvalue weighted by atomic mass is 10.2. The number of nitrogens with one attached hydrogen (secondary N) is 1. The molecule has 0 radical (unpaired) electrons. The summed E-state index contributed by atoms with van der Waals surface area (Å²) in [6.07, 6.45) is 1.86. The lowest BCUT2D eigenvalue weighted by molar-refractivity contribution is 0.380. The lowest BCUT2D eigenvalue weighted by Gasteiger charge is -2.01. The fourth-order valence-electron chi connectivity index (χ4n) is 1.35. The van der Waals surface area contributed by atoms with Crippen molar-refractivity contribution in [1.82, 2.24) is 10.1 Å². The molecular weight excluding hydrogens is 252 g/mol. The van der Waals surface area contributed by atoms with E-state index < -0.39 is 0 Å².